The average Bonchev–Trinajstić information content (AvgIpc) is 3.23. The van der Waals surface area contributed by atoms with E-state index in [1.165, 1.54) is 18.2 Å². The van der Waals surface area contributed by atoms with Crippen molar-refractivity contribution >= 4 is 29.8 Å². The Kier molecular flexibility index (Phi) is 4.90. The molecule has 0 bridgehead atoms. The molecule has 3 aromatic rings. The van der Waals surface area contributed by atoms with Crippen molar-refractivity contribution in [3.8, 4) is 11.3 Å². The molecule has 132 valence electrons. The van der Waals surface area contributed by atoms with Crippen LogP contribution in [0.15, 0.2) is 50.9 Å². The van der Waals surface area contributed by atoms with Crippen LogP contribution >= 0.6 is 11.8 Å². The van der Waals surface area contributed by atoms with Crippen LogP contribution in [0.1, 0.15) is 21.9 Å². The van der Waals surface area contributed by atoms with Crippen LogP contribution < -0.4 is 0 Å². The molecule has 3 N–H and O–H groups in total. The molecule has 0 aliphatic rings. The maximum absolute atomic E-state index is 11.4. The molecule has 2 aromatic heterocycles. The zero-order valence-electron chi connectivity index (χ0n) is 13.5. The number of aryl methyl sites for hydroxylation is 1. The molecule has 9 heteroatoms. The molecule has 0 saturated heterocycles. The zero-order valence-corrected chi connectivity index (χ0v) is 14.3. The Bertz CT molecular complexity index is 1010. The van der Waals surface area contributed by atoms with Crippen molar-refractivity contribution in [2.75, 3.05) is 0 Å². The largest absolute Gasteiger partial charge is 0.478 e. The third kappa shape index (κ3) is 4.01. The van der Waals surface area contributed by atoms with Crippen LogP contribution in [0, 0.1) is 6.92 Å². The lowest BCUT2D eigenvalue weighted by Crippen LogP contribution is -1.97. The number of carboxylic acids is 2. The predicted octanol–water partition coefficient (Wildman–Crippen LogP) is 3.29. The molecule has 26 heavy (non-hydrogen) atoms. The number of nitrogens with zero attached hydrogens (tertiary/aromatic N) is 2. The number of aromatic carboxylic acids is 1. The van der Waals surface area contributed by atoms with E-state index in [-0.39, 0.29) is 15.6 Å². The topological polar surface area (TPSA) is 129 Å². The molecule has 0 fully saturated rings. The van der Waals surface area contributed by atoms with Gasteiger partial charge in [0.25, 0.3) is 0 Å². The molecule has 0 aliphatic carbocycles. The van der Waals surface area contributed by atoms with Gasteiger partial charge in [0.15, 0.2) is 0 Å². The van der Waals surface area contributed by atoms with Gasteiger partial charge in [-0.25, -0.2) is 14.6 Å². The molecule has 2 heterocycles. The lowest BCUT2D eigenvalue weighted by Gasteiger charge is -2.00. The number of aliphatic carboxylic acids is 1. The second-order valence-corrected chi connectivity index (χ2v) is 6.22. The molecule has 0 unspecified atom stereocenters. The normalized spacial score (nSPS) is 11.5. The highest BCUT2D eigenvalue weighted by Gasteiger charge is 2.15. The summed E-state index contributed by atoms with van der Waals surface area (Å²) in [6.07, 6.45) is 1.36. The number of H-pyrrole nitrogens is 1. The van der Waals surface area contributed by atoms with Gasteiger partial charge in [-0.1, -0.05) is 12.1 Å². The van der Waals surface area contributed by atoms with E-state index in [0.29, 0.717) is 22.9 Å². The molecule has 0 spiro atoms. The van der Waals surface area contributed by atoms with Gasteiger partial charge in [0.2, 0.25) is 5.16 Å². The van der Waals surface area contributed by atoms with Gasteiger partial charge in [-0.15, -0.1) is 5.10 Å². The minimum absolute atomic E-state index is 0.0100. The van der Waals surface area contributed by atoms with Crippen LogP contribution in [0.5, 0.6) is 0 Å². The quantitative estimate of drug-likeness (QED) is 0.445. The van der Waals surface area contributed by atoms with Crippen molar-refractivity contribution in [3.63, 3.8) is 0 Å². The number of aromatic amines is 1. The summed E-state index contributed by atoms with van der Waals surface area (Å²) in [4.78, 5) is 26.6. The van der Waals surface area contributed by atoms with E-state index in [9.17, 15) is 14.7 Å². The Morgan fingerprint density at radius 3 is 2.69 bits per heavy atom. The molecule has 8 nitrogen and oxygen atoms in total. The average molecular weight is 371 g/mol. The highest BCUT2D eigenvalue weighted by molar-refractivity contribution is 8.04. The van der Waals surface area contributed by atoms with Crippen LogP contribution in [0.3, 0.4) is 0 Å². The maximum Gasteiger partial charge on any atom is 0.342 e. The fraction of sp³-hybridized carbons (Fsp3) is 0.0588. The number of hydrogen-bond acceptors (Lipinski definition) is 6. The fourth-order valence-electron chi connectivity index (χ4n) is 2.12. The second-order valence-electron chi connectivity index (χ2n) is 5.21. The Morgan fingerprint density at radius 2 is 2.04 bits per heavy atom. The van der Waals surface area contributed by atoms with Gasteiger partial charge in [-0.05, 0) is 43.0 Å². The summed E-state index contributed by atoms with van der Waals surface area (Å²) in [5.74, 6) is -0.843. The number of rotatable bonds is 6. The third-order valence-corrected chi connectivity index (χ3v) is 4.16. The van der Waals surface area contributed by atoms with Crippen molar-refractivity contribution in [1.82, 2.24) is 15.2 Å². The fourth-order valence-corrected chi connectivity index (χ4v) is 2.85. The van der Waals surface area contributed by atoms with Crippen molar-refractivity contribution in [3.05, 3.63) is 58.5 Å². The van der Waals surface area contributed by atoms with Gasteiger partial charge < -0.3 is 14.6 Å². The van der Waals surface area contributed by atoms with Gasteiger partial charge in [-0.3, -0.25) is 5.10 Å². The molecule has 0 saturated carbocycles. The summed E-state index contributed by atoms with van der Waals surface area (Å²) in [6, 6.07) is 9.54. The Morgan fingerprint density at radius 1 is 1.23 bits per heavy atom. The van der Waals surface area contributed by atoms with Crippen molar-refractivity contribution in [1.29, 1.82) is 0 Å². The number of benzene rings is 1. The van der Waals surface area contributed by atoms with Crippen molar-refractivity contribution in [2.45, 2.75) is 12.1 Å². The molecule has 0 radical (unpaired) electrons. The molecule has 1 aromatic carbocycles. The summed E-state index contributed by atoms with van der Waals surface area (Å²) in [5, 5.41) is 25.3. The smallest absolute Gasteiger partial charge is 0.342 e. The van der Waals surface area contributed by atoms with E-state index < -0.39 is 11.9 Å². The maximum atomic E-state index is 11.4. The zero-order chi connectivity index (χ0) is 18.7. The standard InChI is InChI=1S/C17H13N3O5S/c1-9-18-17(20-19-9)26-14(16(23)24)8-12-5-6-13(25-12)10-3-2-4-11(7-10)15(21)22/h2-8H,1H3,(H,21,22)(H,23,24)(H,18,19,20)/b14-8-. The first kappa shape index (κ1) is 17.5. The van der Waals surface area contributed by atoms with E-state index >= 15 is 0 Å². The van der Waals surface area contributed by atoms with Gasteiger partial charge in [-0.2, -0.15) is 0 Å². The Hall–Kier alpha value is -3.33. The predicted molar refractivity (Wildman–Crippen MR) is 93.7 cm³/mol. The number of thioether (sulfide) groups is 1. The van der Waals surface area contributed by atoms with Crippen LogP contribution in [0.2, 0.25) is 0 Å². The molecule has 3 rings (SSSR count). The van der Waals surface area contributed by atoms with Crippen molar-refractivity contribution in [2.24, 2.45) is 0 Å². The molecular formula is C17H13N3O5S. The minimum atomic E-state index is -1.14. The number of aromatic nitrogens is 3. The Labute approximate surface area is 151 Å². The highest BCUT2D eigenvalue weighted by atomic mass is 32.2. The van der Waals surface area contributed by atoms with E-state index in [1.54, 1.807) is 31.2 Å². The number of hydrogen-bond donors (Lipinski definition) is 3. The minimum Gasteiger partial charge on any atom is -0.478 e. The van der Waals surface area contributed by atoms with Gasteiger partial charge in [0.05, 0.1) is 5.56 Å². The number of carbonyl (C=O) groups is 2. The first-order valence-electron chi connectivity index (χ1n) is 7.38. The number of nitrogens with one attached hydrogen (secondary N) is 1. The number of carboxylic acid groups (broad SMARTS) is 2. The summed E-state index contributed by atoms with van der Waals surface area (Å²) < 4.78 is 5.63. The van der Waals surface area contributed by atoms with Gasteiger partial charge >= 0.3 is 11.9 Å². The summed E-state index contributed by atoms with van der Waals surface area (Å²) in [7, 11) is 0. The first-order valence-corrected chi connectivity index (χ1v) is 8.19. The number of furan rings is 1. The highest BCUT2D eigenvalue weighted by Crippen LogP contribution is 2.28. The summed E-state index contributed by atoms with van der Waals surface area (Å²) in [6.45, 7) is 1.71. The SMILES string of the molecule is Cc1nc(S/C(=C\c2ccc(-c3cccc(C(=O)O)c3)o2)C(=O)O)n[nH]1. The second kappa shape index (κ2) is 7.28. The monoisotopic (exact) mass is 371 g/mol. The molecule has 0 aliphatic heterocycles. The van der Waals surface area contributed by atoms with Gasteiger partial charge in [0, 0.05) is 11.6 Å². The van der Waals surface area contributed by atoms with Crippen LogP contribution in [-0.2, 0) is 4.79 Å². The molecule has 0 atom stereocenters. The molecule has 0 amide bonds. The third-order valence-electron chi connectivity index (χ3n) is 3.28. The summed E-state index contributed by atoms with van der Waals surface area (Å²) >= 11 is 0.894. The lowest BCUT2D eigenvalue weighted by molar-refractivity contribution is -0.131. The Balaban J connectivity index is 1.87. The van der Waals surface area contributed by atoms with Crippen molar-refractivity contribution < 1.29 is 24.2 Å². The molecular weight excluding hydrogens is 358 g/mol. The van der Waals surface area contributed by atoms with Crippen LogP contribution in [0.4, 0.5) is 0 Å². The summed E-state index contributed by atoms with van der Waals surface area (Å²) in [5.41, 5.74) is 0.719. The van der Waals surface area contributed by atoms with E-state index in [2.05, 4.69) is 15.2 Å². The van der Waals surface area contributed by atoms with Gasteiger partial charge in [0.1, 0.15) is 22.3 Å². The van der Waals surface area contributed by atoms with Crippen LogP contribution in [0.25, 0.3) is 17.4 Å². The first-order chi connectivity index (χ1) is 12.4. The van der Waals surface area contributed by atoms with Crippen LogP contribution in [-0.4, -0.2) is 37.3 Å². The van der Waals surface area contributed by atoms with E-state index in [1.807, 2.05) is 0 Å². The van der Waals surface area contributed by atoms with E-state index in [4.69, 9.17) is 9.52 Å². The van der Waals surface area contributed by atoms with E-state index in [0.717, 1.165) is 11.8 Å². The lowest BCUT2D eigenvalue weighted by atomic mass is 10.1.